The van der Waals surface area contributed by atoms with Gasteiger partial charge in [0.1, 0.15) is 0 Å². The van der Waals surface area contributed by atoms with E-state index in [4.69, 9.17) is 15.2 Å². The maximum absolute atomic E-state index is 12.4. The fourth-order valence-electron chi connectivity index (χ4n) is 2.58. The fourth-order valence-corrected chi connectivity index (χ4v) is 2.58. The fraction of sp³-hybridized carbons (Fsp3) is 0.562. The van der Waals surface area contributed by atoms with Gasteiger partial charge in [0, 0.05) is 26.2 Å². The van der Waals surface area contributed by atoms with Gasteiger partial charge < -0.3 is 15.2 Å². The highest BCUT2D eigenvalue weighted by Gasteiger charge is 2.39. The quantitative estimate of drug-likeness (QED) is 0.824. The van der Waals surface area contributed by atoms with Crippen LogP contribution in [0.5, 0.6) is 0 Å². The standard InChI is InChI=1S/C16H24N2O3/c1-2-21-15(19)16(17,14-7-4-3-5-8-14)13-18-9-6-11-20-12-10-18/h3-5,7-8H,2,6,9-13,17H2,1H3. The Morgan fingerprint density at radius 3 is 2.81 bits per heavy atom. The number of esters is 1. The van der Waals surface area contributed by atoms with E-state index in [1.54, 1.807) is 6.92 Å². The Bertz CT molecular complexity index is 444. The van der Waals surface area contributed by atoms with E-state index in [2.05, 4.69) is 4.90 Å². The molecule has 0 bridgehead atoms. The number of carbonyl (C=O) groups excluding carboxylic acids is 1. The second kappa shape index (κ2) is 7.54. The van der Waals surface area contributed by atoms with Crippen LogP contribution in [0.15, 0.2) is 30.3 Å². The Labute approximate surface area is 126 Å². The first-order chi connectivity index (χ1) is 10.2. The molecule has 0 aliphatic carbocycles. The molecule has 1 atom stereocenters. The van der Waals surface area contributed by atoms with Gasteiger partial charge in [0.2, 0.25) is 0 Å². The molecule has 21 heavy (non-hydrogen) atoms. The molecule has 2 rings (SSSR count). The first-order valence-corrected chi connectivity index (χ1v) is 7.48. The average molecular weight is 292 g/mol. The van der Waals surface area contributed by atoms with Gasteiger partial charge in [-0.15, -0.1) is 0 Å². The molecule has 1 fully saturated rings. The van der Waals surface area contributed by atoms with Crippen LogP contribution in [0, 0.1) is 0 Å². The molecular weight excluding hydrogens is 268 g/mol. The maximum atomic E-state index is 12.4. The Hall–Kier alpha value is -1.43. The summed E-state index contributed by atoms with van der Waals surface area (Å²) in [5, 5.41) is 0. The third kappa shape index (κ3) is 4.03. The summed E-state index contributed by atoms with van der Waals surface area (Å²) in [7, 11) is 0. The van der Waals surface area contributed by atoms with Gasteiger partial charge in [-0.1, -0.05) is 30.3 Å². The predicted octanol–water partition coefficient (Wildman–Crippen LogP) is 1.13. The molecule has 1 aliphatic heterocycles. The second-order valence-corrected chi connectivity index (χ2v) is 5.30. The molecule has 0 saturated carbocycles. The lowest BCUT2D eigenvalue weighted by Gasteiger charge is -2.33. The van der Waals surface area contributed by atoms with Crippen molar-refractivity contribution < 1.29 is 14.3 Å². The van der Waals surface area contributed by atoms with Gasteiger partial charge in [-0.05, 0) is 18.9 Å². The Morgan fingerprint density at radius 2 is 2.10 bits per heavy atom. The normalized spacial score (nSPS) is 19.5. The molecule has 0 spiro atoms. The number of hydrogen-bond acceptors (Lipinski definition) is 5. The van der Waals surface area contributed by atoms with E-state index in [-0.39, 0.29) is 5.97 Å². The van der Waals surface area contributed by atoms with E-state index in [0.717, 1.165) is 31.7 Å². The van der Waals surface area contributed by atoms with E-state index >= 15 is 0 Å². The third-order valence-electron chi connectivity index (χ3n) is 3.72. The first-order valence-electron chi connectivity index (χ1n) is 7.48. The number of benzene rings is 1. The lowest BCUT2D eigenvalue weighted by atomic mass is 9.90. The van der Waals surface area contributed by atoms with Gasteiger partial charge in [0.05, 0.1) is 13.2 Å². The largest absolute Gasteiger partial charge is 0.464 e. The van der Waals surface area contributed by atoms with Crippen molar-refractivity contribution in [1.82, 2.24) is 4.90 Å². The van der Waals surface area contributed by atoms with Gasteiger partial charge >= 0.3 is 5.97 Å². The van der Waals surface area contributed by atoms with Crippen LogP contribution in [-0.4, -0.2) is 50.3 Å². The van der Waals surface area contributed by atoms with Crippen LogP contribution in [0.3, 0.4) is 0 Å². The number of hydrogen-bond donors (Lipinski definition) is 1. The highest BCUT2D eigenvalue weighted by atomic mass is 16.5. The molecule has 1 unspecified atom stereocenters. The summed E-state index contributed by atoms with van der Waals surface area (Å²) in [6.07, 6.45) is 0.952. The van der Waals surface area contributed by atoms with Crippen molar-refractivity contribution in [3.8, 4) is 0 Å². The molecular formula is C16H24N2O3. The molecule has 0 aromatic heterocycles. The molecule has 5 heteroatoms. The van der Waals surface area contributed by atoms with Crippen LogP contribution < -0.4 is 5.73 Å². The van der Waals surface area contributed by atoms with E-state index in [9.17, 15) is 4.79 Å². The minimum Gasteiger partial charge on any atom is -0.464 e. The highest BCUT2D eigenvalue weighted by molar-refractivity contribution is 5.82. The molecule has 1 aliphatic rings. The Kier molecular flexibility index (Phi) is 5.73. The number of nitrogens with zero attached hydrogens (tertiary/aromatic N) is 1. The molecule has 1 heterocycles. The zero-order valence-electron chi connectivity index (χ0n) is 12.6. The summed E-state index contributed by atoms with van der Waals surface area (Å²) in [6, 6.07) is 9.45. The van der Waals surface area contributed by atoms with E-state index in [1.165, 1.54) is 0 Å². The molecule has 116 valence electrons. The number of nitrogens with two attached hydrogens (primary N) is 1. The van der Waals surface area contributed by atoms with Crippen molar-refractivity contribution in [2.24, 2.45) is 5.73 Å². The van der Waals surface area contributed by atoms with Crippen LogP contribution in [0.1, 0.15) is 18.9 Å². The van der Waals surface area contributed by atoms with Crippen molar-refractivity contribution in [2.75, 3.05) is 39.5 Å². The molecule has 1 aromatic carbocycles. The Balaban J connectivity index is 2.21. The van der Waals surface area contributed by atoms with Crippen LogP contribution >= 0.6 is 0 Å². The SMILES string of the molecule is CCOC(=O)C(N)(CN1CCCOCC1)c1ccccc1. The Morgan fingerprint density at radius 1 is 1.33 bits per heavy atom. The molecule has 1 saturated heterocycles. The average Bonchev–Trinajstić information content (AvgIpc) is 2.77. The van der Waals surface area contributed by atoms with Gasteiger partial charge in [-0.25, -0.2) is 4.79 Å². The summed E-state index contributed by atoms with van der Waals surface area (Å²) in [5.74, 6) is -0.374. The lowest BCUT2D eigenvalue weighted by molar-refractivity contribution is -0.151. The van der Waals surface area contributed by atoms with Gasteiger partial charge in [0.25, 0.3) is 0 Å². The van der Waals surface area contributed by atoms with Crippen molar-refractivity contribution in [3.05, 3.63) is 35.9 Å². The molecule has 1 aromatic rings. The van der Waals surface area contributed by atoms with Crippen LogP contribution in [-0.2, 0) is 19.8 Å². The monoisotopic (exact) mass is 292 g/mol. The predicted molar refractivity (Wildman–Crippen MR) is 80.8 cm³/mol. The van der Waals surface area contributed by atoms with Crippen LogP contribution in [0.25, 0.3) is 0 Å². The zero-order valence-corrected chi connectivity index (χ0v) is 12.6. The van der Waals surface area contributed by atoms with E-state index in [1.807, 2.05) is 30.3 Å². The van der Waals surface area contributed by atoms with Gasteiger partial charge in [-0.3, -0.25) is 4.90 Å². The maximum Gasteiger partial charge on any atom is 0.332 e. The first kappa shape index (κ1) is 15.9. The summed E-state index contributed by atoms with van der Waals surface area (Å²) >= 11 is 0. The number of ether oxygens (including phenoxy) is 2. The topological polar surface area (TPSA) is 64.8 Å². The van der Waals surface area contributed by atoms with Crippen molar-refractivity contribution in [2.45, 2.75) is 18.9 Å². The van der Waals surface area contributed by atoms with Gasteiger partial charge in [0.15, 0.2) is 5.54 Å². The van der Waals surface area contributed by atoms with Gasteiger partial charge in [-0.2, -0.15) is 0 Å². The molecule has 2 N–H and O–H groups in total. The second-order valence-electron chi connectivity index (χ2n) is 5.30. The zero-order chi connectivity index (χ0) is 15.1. The van der Waals surface area contributed by atoms with E-state index < -0.39 is 5.54 Å². The minimum atomic E-state index is -1.14. The number of rotatable bonds is 5. The van der Waals surface area contributed by atoms with Crippen molar-refractivity contribution in [1.29, 1.82) is 0 Å². The smallest absolute Gasteiger partial charge is 0.332 e. The van der Waals surface area contributed by atoms with E-state index in [0.29, 0.717) is 19.8 Å². The summed E-state index contributed by atoms with van der Waals surface area (Å²) < 4.78 is 10.7. The summed E-state index contributed by atoms with van der Waals surface area (Å²) in [5.41, 5.74) is 6.12. The summed E-state index contributed by atoms with van der Waals surface area (Å²) in [4.78, 5) is 14.6. The third-order valence-corrected chi connectivity index (χ3v) is 3.72. The van der Waals surface area contributed by atoms with Crippen molar-refractivity contribution in [3.63, 3.8) is 0 Å². The molecule has 0 radical (unpaired) electrons. The minimum absolute atomic E-state index is 0.327. The van der Waals surface area contributed by atoms with Crippen LogP contribution in [0.2, 0.25) is 0 Å². The van der Waals surface area contributed by atoms with Crippen LogP contribution in [0.4, 0.5) is 0 Å². The molecule has 0 amide bonds. The molecule has 5 nitrogen and oxygen atoms in total. The number of carbonyl (C=O) groups is 1. The summed E-state index contributed by atoms with van der Waals surface area (Å²) in [6.45, 7) is 5.67. The highest BCUT2D eigenvalue weighted by Crippen LogP contribution is 2.22. The van der Waals surface area contributed by atoms with Crippen molar-refractivity contribution >= 4 is 5.97 Å². The lowest BCUT2D eigenvalue weighted by Crippen LogP contribution is -2.54.